The van der Waals surface area contributed by atoms with Crippen molar-refractivity contribution in [3.63, 3.8) is 0 Å². The number of pyridine rings is 1. The molecule has 0 radical (unpaired) electrons. The molecular weight excluding hydrogens is 280 g/mol. The van der Waals surface area contributed by atoms with Crippen molar-refractivity contribution in [2.45, 2.75) is 25.6 Å². The molecular formula is C17H20N2OS. The SMILES string of the molecule is Cc1cccc(CSCC(=O)NC(C)c2ccncc2)c1. The molecule has 1 aromatic carbocycles. The normalized spacial score (nSPS) is 11.9. The van der Waals surface area contributed by atoms with Gasteiger partial charge in [-0.1, -0.05) is 29.8 Å². The van der Waals surface area contributed by atoms with Gasteiger partial charge in [-0.15, -0.1) is 11.8 Å². The van der Waals surface area contributed by atoms with Crippen molar-refractivity contribution in [3.8, 4) is 0 Å². The molecule has 0 bridgehead atoms. The van der Waals surface area contributed by atoms with Crippen LogP contribution in [-0.2, 0) is 10.5 Å². The van der Waals surface area contributed by atoms with Crippen LogP contribution in [0, 0.1) is 6.92 Å². The third-order valence-electron chi connectivity index (χ3n) is 3.17. The Morgan fingerprint density at radius 3 is 2.76 bits per heavy atom. The minimum absolute atomic E-state index is 0.0140. The molecule has 1 N–H and O–H groups in total. The first-order valence-corrected chi connectivity index (χ1v) is 8.13. The van der Waals surface area contributed by atoms with Crippen LogP contribution in [0.15, 0.2) is 48.8 Å². The molecule has 0 saturated heterocycles. The van der Waals surface area contributed by atoms with E-state index in [9.17, 15) is 4.79 Å². The molecule has 1 atom stereocenters. The van der Waals surface area contributed by atoms with Crippen molar-refractivity contribution >= 4 is 17.7 Å². The lowest BCUT2D eigenvalue weighted by atomic mass is 10.1. The summed E-state index contributed by atoms with van der Waals surface area (Å²) in [5.74, 6) is 1.40. The number of aryl methyl sites for hydroxylation is 1. The summed E-state index contributed by atoms with van der Waals surface area (Å²) in [5.41, 5.74) is 3.58. The van der Waals surface area contributed by atoms with Gasteiger partial charge in [-0.25, -0.2) is 0 Å². The Hall–Kier alpha value is -1.81. The maximum absolute atomic E-state index is 11.9. The van der Waals surface area contributed by atoms with Crippen LogP contribution in [0.2, 0.25) is 0 Å². The molecule has 0 saturated carbocycles. The second-order valence-electron chi connectivity index (χ2n) is 5.05. The van der Waals surface area contributed by atoms with Crippen LogP contribution in [0.25, 0.3) is 0 Å². The fourth-order valence-corrected chi connectivity index (χ4v) is 2.87. The Bertz CT molecular complexity index is 586. The van der Waals surface area contributed by atoms with E-state index in [1.54, 1.807) is 24.2 Å². The lowest BCUT2D eigenvalue weighted by Crippen LogP contribution is -2.28. The van der Waals surface area contributed by atoms with Gasteiger partial charge < -0.3 is 5.32 Å². The second kappa shape index (κ2) is 7.84. The maximum atomic E-state index is 11.9. The first-order valence-electron chi connectivity index (χ1n) is 6.98. The highest BCUT2D eigenvalue weighted by atomic mass is 32.2. The highest BCUT2D eigenvalue weighted by Crippen LogP contribution is 2.14. The largest absolute Gasteiger partial charge is 0.349 e. The van der Waals surface area contributed by atoms with Gasteiger partial charge in [-0.3, -0.25) is 9.78 Å². The number of carbonyl (C=O) groups excluding carboxylic acids is 1. The molecule has 4 heteroatoms. The van der Waals surface area contributed by atoms with E-state index < -0.39 is 0 Å². The van der Waals surface area contributed by atoms with Gasteiger partial charge >= 0.3 is 0 Å². The number of amides is 1. The molecule has 21 heavy (non-hydrogen) atoms. The van der Waals surface area contributed by atoms with Crippen LogP contribution in [0.5, 0.6) is 0 Å². The quantitative estimate of drug-likeness (QED) is 0.888. The number of thioether (sulfide) groups is 1. The van der Waals surface area contributed by atoms with Crippen LogP contribution in [0.4, 0.5) is 0 Å². The number of hydrogen-bond acceptors (Lipinski definition) is 3. The minimum Gasteiger partial charge on any atom is -0.349 e. The third-order valence-corrected chi connectivity index (χ3v) is 4.17. The molecule has 0 spiro atoms. The second-order valence-corrected chi connectivity index (χ2v) is 6.04. The predicted molar refractivity (Wildman–Crippen MR) is 88.1 cm³/mol. The van der Waals surface area contributed by atoms with Gasteiger partial charge in [0.2, 0.25) is 5.91 Å². The van der Waals surface area contributed by atoms with E-state index in [4.69, 9.17) is 0 Å². The van der Waals surface area contributed by atoms with Gasteiger partial charge in [0.05, 0.1) is 11.8 Å². The highest BCUT2D eigenvalue weighted by molar-refractivity contribution is 7.99. The summed E-state index contributed by atoms with van der Waals surface area (Å²) >= 11 is 1.64. The molecule has 2 rings (SSSR count). The monoisotopic (exact) mass is 300 g/mol. The van der Waals surface area contributed by atoms with Crippen molar-refractivity contribution in [2.75, 3.05) is 5.75 Å². The topological polar surface area (TPSA) is 42.0 Å². The van der Waals surface area contributed by atoms with Gasteiger partial charge in [0.25, 0.3) is 0 Å². The van der Waals surface area contributed by atoms with Crippen LogP contribution >= 0.6 is 11.8 Å². The van der Waals surface area contributed by atoms with Gasteiger partial charge in [-0.05, 0) is 37.1 Å². The van der Waals surface area contributed by atoms with Crippen molar-refractivity contribution in [1.29, 1.82) is 0 Å². The van der Waals surface area contributed by atoms with Crippen molar-refractivity contribution in [2.24, 2.45) is 0 Å². The number of hydrogen-bond donors (Lipinski definition) is 1. The molecule has 1 amide bonds. The minimum atomic E-state index is 0.0140. The highest BCUT2D eigenvalue weighted by Gasteiger charge is 2.09. The fraction of sp³-hybridized carbons (Fsp3) is 0.294. The molecule has 0 aliphatic heterocycles. The number of rotatable bonds is 6. The van der Waals surface area contributed by atoms with Crippen molar-refractivity contribution < 1.29 is 4.79 Å². The van der Waals surface area contributed by atoms with Crippen LogP contribution in [-0.4, -0.2) is 16.6 Å². The average Bonchev–Trinajstić information content (AvgIpc) is 2.48. The number of benzene rings is 1. The van der Waals surface area contributed by atoms with Gasteiger partial charge in [-0.2, -0.15) is 0 Å². The molecule has 0 aliphatic carbocycles. The average molecular weight is 300 g/mol. The summed E-state index contributed by atoms with van der Waals surface area (Å²) in [4.78, 5) is 15.9. The van der Waals surface area contributed by atoms with E-state index in [0.717, 1.165) is 11.3 Å². The van der Waals surface area contributed by atoms with Crippen molar-refractivity contribution in [3.05, 3.63) is 65.5 Å². The fourth-order valence-electron chi connectivity index (χ4n) is 2.08. The lowest BCUT2D eigenvalue weighted by Gasteiger charge is -2.13. The molecule has 110 valence electrons. The zero-order valence-electron chi connectivity index (χ0n) is 12.4. The van der Waals surface area contributed by atoms with E-state index >= 15 is 0 Å². The molecule has 3 nitrogen and oxygen atoms in total. The number of nitrogens with zero attached hydrogens (tertiary/aromatic N) is 1. The lowest BCUT2D eigenvalue weighted by molar-refractivity contribution is -0.119. The summed E-state index contributed by atoms with van der Waals surface area (Å²) in [6.07, 6.45) is 3.48. The Labute approximate surface area is 130 Å². The molecule has 0 fully saturated rings. The summed E-state index contributed by atoms with van der Waals surface area (Å²) in [5, 5.41) is 3.01. The Morgan fingerprint density at radius 1 is 1.29 bits per heavy atom. The predicted octanol–water partition coefficient (Wildman–Crippen LogP) is 3.50. The van der Waals surface area contributed by atoms with Gasteiger partial charge in [0.1, 0.15) is 0 Å². The van der Waals surface area contributed by atoms with E-state index in [-0.39, 0.29) is 11.9 Å². The van der Waals surface area contributed by atoms with Crippen molar-refractivity contribution in [1.82, 2.24) is 10.3 Å². The summed E-state index contributed by atoms with van der Waals surface area (Å²) in [7, 11) is 0. The number of carbonyl (C=O) groups is 1. The van der Waals surface area contributed by atoms with E-state index in [0.29, 0.717) is 5.75 Å². The van der Waals surface area contributed by atoms with Gasteiger partial charge in [0, 0.05) is 18.1 Å². The number of aromatic nitrogens is 1. The summed E-state index contributed by atoms with van der Waals surface area (Å²) < 4.78 is 0. The smallest absolute Gasteiger partial charge is 0.230 e. The maximum Gasteiger partial charge on any atom is 0.230 e. The van der Waals surface area contributed by atoms with Crippen LogP contribution in [0.1, 0.15) is 29.7 Å². The first kappa shape index (κ1) is 15.6. The zero-order chi connectivity index (χ0) is 15.1. The molecule has 1 aromatic heterocycles. The van der Waals surface area contributed by atoms with E-state index in [1.807, 2.05) is 19.1 Å². The summed E-state index contributed by atoms with van der Waals surface area (Å²) in [6.45, 7) is 4.07. The van der Waals surface area contributed by atoms with Gasteiger partial charge in [0.15, 0.2) is 0 Å². The third kappa shape index (κ3) is 5.23. The van der Waals surface area contributed by atoms with E-state index in [2.05, 4.69) is 41.5 Å². The number of nitrogens with one attached hydrogen (secondary N) is 1. The zero-order valence-corrected chi connectivity index (χ0v) is 13.2. The molecule has 0 aliphatic rings. The Kier molecular flexibility index (Phi) is 5.81. The summed E-state index contributed by atoms with van der Waals surface area (Å²) in [6, 6.07) is 12.2. The van der Waals surface area contributed by atoms with Crippen LogP contribution < -0.4 is 5.32 Å². The Morgan fingerprint density at radius 2 is 2.05 bits per heavy atom. The standard InChI is InChI=1S/C17H20N2OS/c1-13-4-3-5-15(10-13)11-21-12-17(20)19-14(2)16-6-8-18-9-7-16/h3-10,14H,11-12H2,1-2H3,(H,19,20). The Balaban J connectivity index is 1.75. The van der Waals surface area contributed by atoms with E-state index in [1.165, 1.54) is 11.1 Å². The molecule has 1 unspecified atom stereocenters. The molecule has 2 aromatic rings. The van der Waals surface area contributed by atoms with Crippen LogP contribution in [0.3, 0.4) is 0 Å². The first-order chi connectivity index (χ1) is 10.1. The molecule has 1 heterocycles.